The van der Waals surface area contributed by atoms with Crippen molar-refractivity contribution in [3.8, 4) is 0 Å². The zero-order valence-corrected chi connectivity index (χ0v) is 17.2. The van der Waals surface area contributed by atoms with Crippen LogP contribution in [0.2, 0.25) is 13.3 Å². The maximum absolute atomic E-state index is 11.6. The first-order valence-corrected chi connectivity index (χ1v) is 17.0. The minimum atomic E-state index is -2.25. The zero-order chi connectivity index (χ0) is 14.1. The molecule has 0 aliphatic heterocycles. The van der Waals surface area contributed by atoms with E-state index >= 15 is 0 Å². The average Bonchev–Trinajstić information content (AvgIpc) is 2.85. The zero-order valence-electron chi connectivity index (χ0n) is 12.7. The second kappa shape index (κ2) is 9.56. The Morgan fingerprint density at radius 2 is 1.42 bits per heavy atom. The second-order valence-electron chi connectivity index (χ2n) is 5.54. The fraction of sp³-hybridized carbons (Fsp3) is 0.800. The van der Waals surface area contributed by atoms with Crippen LogP contribution in [-0.4, -0.2) is 18.4 Å². The molecule has 1 heterocycles. The van der Waals surface area contributed by atoms with Gasteiger partial charge in [-0.15, -0.1) is 0 Å². The van der Waals surface area contributed by atoms with E-state index in [-0.39, 0.29) is 0 Å². The van der Waals surface area contributed by atoms with E-state index in [1.165, 1.54) is 63.2 Å². The van der Waals surface area contributed by atoms with Crippen LogP contribution in [0.5, 0.6) is 0 Å². The molecule has 110 valence electrons. The third kappa shape index (κ3) is 5.50. The van der Waals surface area contributed by atoms with Crippen molar-refractivity contribution in [3.05, 3.63) is 14.2 Å². The second-order valence-corrected chi connectivity index (χ2v) is 21.8. The summed E-state index contributed by atoms with van der Waals surface area (Å²) in [5.41, 5.74) is 0. The van der Waals surface area contributed by atoms with Gasteiger partial charge in [0.15, 0.2) is 0 Å². The van der Waals surface area contributed by atoms with Crippen LogP contribution >= 0.6 is 22.7 Å². The summed E-state index contributed by atoms with van der Waals surface area (Å²) >= 11 is 0.803. The molecule has 0 bridgehead atoms. The van der Waals surface area contributed by atoms with E-state index in [0.717, 1.165) is 0 Å². The van der Waals surface area contributed by atoms with Crippen LogP contribution in [-0.2, 0) is 0 Å². The standard InChI is InChI=1S/3C4H9.C3HOS2.Sn/c3*1-3-4-2;4-3-5-1-2-6-3;/h3*1,3-4H2,2H3;1H;. The first-order valence-electron chi connectivity index (χ1n) is 7.77. The van der Waals surface area contributed by atoms with Crippen LogP contribution in [0.25, 0.3) is 0 Å². The molecule has 0 atom stereocenters. The normalized spacial score (nSPS) is 11.9. The Bertz CT molecular complexity index is 375. The Kier molecular flexibility index (Phi) is 8.91. The molecule has 1 rings (SSSR count). The summed E-state index contributed by atoms with van der Waals surface area (Å²) in [6.45, 7) is 6.89. The molecule has 0 radical (unpaired) electrons. The van der Waals surface area contributed by atoms with E-state index in [1.54, 1.807) is 14.2 Å². The van der Waals surface area contributed by atoms with Gasteiger partial charge in [0.25, 0.3) is 0 Å². The van der Waals surface area contributed by atoms with Gasteiger partial charge in [0, 0.05) is 0 Å². The van der Waals surface area contributed by atoms with Gasteiger partial charge in [-0.25, -0.2) is 0 Å². The molecule has 0 aromatic carbocycles. The summed E-state index contributed by atoms with van der Waals surface area (Å²) in [4.78, 5) is 11.6. The summed E-state index contributed by atoms with van der Waals surface area (Å²) in [7, 11) is 0. The Labute approximate surface area is 130 Å². The SMILES string of the molecule is CCC[CH2][Sn]([CH2]CCC)([CH2]CCC)[c]1csc(=O)s1. The van der Waals surface area contributed by atoms with Crippen LogP contribution in [0.1, 0.15) is 59.3 Å². The van der Waals surface area contributed by atoms with Crippen LogP contribution in [0, 0.1) is 0 Å². The van der Waals surface area contributed by atoms with Crippen molar-refractivity contribution in [1.82, 2.24) is 0 Å². The van der Waals surface area contributed by atoms with Gasteiger partial charge in [-0.1, -0.05) is 0 Å². The summed E-state index contributed by atoms with van der Waals surface area (Å²) in [5, 5.41) is 2.24. The molecular formula is C15H28OS2Sn. The number of rotatable bonds is 10. The molecule has 1 aromatic heterocycles. The van der Waals surface area contributed by atoms with Crippen molar-refractivity contribution in [2.45, 2.75) is 72.6 Å². The summed E-state index contributed by atoms with van der Waals surface area (Å²) in [6, 6.07) is 0. The van der Waals surface area contributed by atoms with Crippen LogP contribution in [0.4, 0.5) is 0 Å². The van der Waals surface area contributed by atoms with Crippen LogP contribution < -0.4 is 6.95 Å². The molecular weight excluding hydrogens is 379 g/mol. The van der Waals surface area contributed by atoms with Gasteiger partial charge in [0.1, 0.15) is 0 Å². The van der Waals surface area contributed by atoms with Crippen molar-refractivity contribution in [2.75, 3.05) is 0 Å². The Morgan fingerprint density at radius 1 is 0.947 bits per heavy atom. The molecule has 1 aromatic rings. The van der Waals surface area contributed by atoms with E-state index in [4.69, 9.17) is 0 Å². The molecule has 0 amide bonds. The predicted octanol–water partition coefficient (Wildman–Crippen LogP) is 5.23. The first-order chi connectivity index (χ1) is 9.18. The Hall–Kier alpha value is 0.649. The molecule has 4 heteroatoms. The molecule has 0 spiro atoms. The number of hydrogen-bond donors (Lipinski definition) is 0. The third-order valence-electron chi connectivity index (χ3n) is 4.00. The molecule has 0 fully saturated rings. The molecule has 0 aliphatic rings. The summed E-state index contributed by atoms with van der Waals surface area (Å²) < 4.78 is 6.31. The van der Waals surface area contributed by atoms with Gasteiger partial charge in [-0.3, -0.25) is 0 Å². The van der Waals surface area contributed by atoms with Crippen molar-refractivity contribution in [1.29, 1.82) is 0 Å². The monoisotopic (exact) mass is 408 g/mol. The van der Waals surface area contributed by atoms with E-state index < -0.39 is 18.4 Å². The Morgan fingerprint density at radius 3 is 1.74 bits per heavy atom. The van der Waals surface area contributed by atoms with E-state index in [0.29, 0.717) is 4.06 Å². The van der Waals surface area contributed by atoms with Gasteiger partial charge >= 0.3 is 131 Å². The predicted molar refractivity (Wildman–Crippen MR) is 93.0 cm³/mol. The van der Waals surface area contributed by atoms with E-state index in [1.807, 2.05) is 0 Å². The number of unbranched alkanes of at least 4 members (excludes halogenated alkanes) is 3. The quantitative estimate of drug-likeness (QED) is 0.486. The molecule has 0 N–H and O–H groups in total. The molecule has 0 aliphatic carbocycles. The molecule has 0 unspecified atom stereocenters. The minimum absolute atomic E-state index is 0.320. The van der Waals surface area contributed by atoms with Crippen molar-refractivity contribution in [3.63, 3.8) is 0 Å². The fourth-order valence-corrected chi connectivity index (χ4v) is 25.6. The van der Waals surface area contributed by atoms with E-state index in [9.17, 15) is 4.79 Å². The maximum atomic E-state index is 11.6. The molecule has 19 heavy (non-hydrogen) atoms. The van der Waals surface area contributed by atoms with Crippen LogP contribution in [0.3, 0.4) is 0 Å². The van der Waals surface area contributed by atoms with Gasteiger partial charge < -0.3 is 0 Å². The van der Waals surface area contributed by atoms with Gasteiger partial charge in [-0.05, 0) is 0 Å². The van der Waals surface area contributed by atoms with Crippen molar-refractivity contribution < 1.29 is 0 Å². The number of hydrogen-bond acceptors (Lipinski definition) is 3. The topological polar surface area (TPSA) is 17.1 Å². The summed E-state index contributed by atoms with van der Waals surface area (Å²) in [6.07, 6.45) is 8.03. The van der Waals surface area contributed by atoms with Gasteiger partial charge in [0.05, 0.1) is 0 Å². The fourth-order valence-electron chi connectivity index (χ4n) is 2.76. The molecule has 1 nitrogen and oxygen atoms in total. The van der Waals surface area contributed by atoms with E-state index in [2.05, 4.69) is 26.2 Å². The van der Waals surface area contributed by atoms with Crippen LogP contribution in [0.15, 0.2) is 10.2 Å². The average molecular weight is 407 g/mol. The third-order valence-corrected chi connectivity index (χ3v) is 24.7. The Balaban J connectivity index is 2.97. The summed E-state index contributed by atoms with van der Waals surface area (Å²) in [5.74, 6) is 0. The molecule has 0 saturated heterocycles. The van der Waals surface area contributed by atoms with Crippen molar-refractivity contribution in [2.24, 2.45) is 0 Å². The van der Waals surface area contributed by atoms with Gasteiger partial charge in [-0.2, -0.15) is 0 Å². The first kappa shape index (κ1) is 17.7. The van der Waals surface area contributed by atoms with Crippen molar-refractivity contribution >= 4 is 43.9 Å². The van der Waals surface area contributed by atoms with Gasteiger partial charge in [0.2, 0.25) is 0 Å². The molecule has 0 saturated carbocycles.